The Kier molecular flexibility index (Phi) is 5.48. The minimum Gasteiger partial charge on any atom is -0.369 e. The van der Waals surface area contributed by atoms with E-state index < -0.39 is 5.91 Å². The number of carbonyl (C=O) groups excluding carboxylic acids is 1. The zero-order valence-corrected chi connectivity index (χ0v) is 13.5. The number of halogens is 1. The number of nitrogens with two attached hydrogens (primary N) is 1. The van der Waals surface area contributed by atoms with E-state index in [9.17, 15) is 4.79 Å². The minimum absolute atomic E-state index is 0.381. The number of primary amides is 1. The molecule has 0 aromatic heterocycles. The summed E-state index contributed by atoms with van der Waals surface area (Å²) < 4.78 is 0. The van der Waals surface area contributed by atoms with E-state index in [1.165, 1.54) is 12.8 Å². The average Bonchev–Trinajstić information content (AvgIpc) is 2.45. The molecule has 4 nitrogen and oxygen atoms in total. The third-order valence-electron chi connectivity index (χ3n) is 4.09. The molecule has 0 radical (unpaired) electrons. The molecule has 3 N–H and O–H groups in total. The minimum atomic E-state index is -0.485. The van der Waals surface area contributed by atoms with Crippen molar-refractivity contribution in [3.63, 3.8) is 0 Å². The smallest absolute Gasteiger partial charge is 0.250 e. The standard InChI is InChI=1S/C16H24ClN3O/c1-11(2)20(10-12-5-7-19-8-6-12)13-3-4-14(16(18)21)15(17)9-13/h3-4,9,11-12,19H,5-8,10H2,1-2H3,(H2,18,21). The van der Waals surface area contributed by atoms with Gasteiger partial charge in [-0.1, -0.05) is 11.6 Å². The molecule has 2 rings (SSSR count). The van der Waals surface area contributed by atoms with Crippen LogP contribution in [-0.4, -0.2) is 31.6 Å². The second kappa shape index (κ2) is 7.14. The van der Waals surface area contributed by atoms with Gasteiger partial charge in [-0.2, -0.15) is 0 Å². The molecule has 0 atom stereocenters. The van der Waals surface area contributed by atoms with E-state index in [2.05, 4.69) is 24.1 Å². The highest BCUT2D eigenvalue weighted by molar-refractivity contribution is 6.34. The zero-order chi connectivity index (χ0) is 15.4. The number of amides is 1. The van der Waals surface area contributed by atoms with Crippen LogP contribution in [0, 0.1) is 5.92 Å². The van der Waals surface area contributed by atoms with Gasteiger partial charge in [0.15, 0.2) is 0 Å². The van der Waals surface area contributed by atoms with Crippen molar-refractivity contribution in [3.8, 4) is 0 Å². The van der Waals surface area contributed by atoms with Gasteiger partial charge in [0.1, 0.15) is 0 Å². The van der Waals surface area contributed by atoms with Crippen molar-refractivity contribution in [2.75, 3.05) is 24.5 Å². The van der Waals surface area contributed by atoms with Crippen molar-refractivity contribution in [2.24, 2.45) is 11.7 Å². The molecule has 0 bridgehead atoms. The summed E-state index contributed by atoms with van der Waals surface area (Å²) in [6.07, 6.45) is 2.41. The van der Waals surface area contributed by atoms with Crippen LogP contribution in [0.15, 0.2) is 18.2 Å². The van der Waals surface area contributed by atoms with Crippen molar-refractivity contribution in [1.29, 1.82) is 0 Å². The van der Waals surface area contributed by atoms with E-state index in [0.717, 1.165) is 25.3 Å². The Morgan fingerprint density at radius 1 is 1.43 bits per heavy atom. The second-order valence-corrected chi connectivity index (χ2v) is 6.38. The number of hydrogen-bond donors (Lipinski definition) is 2. The Bertz CT molecular complexity index is 498. The number of rotatable bonds is 5. The lowest BCUT2D eigenvalue weighted by Crippen LogP contribution is -2.39. The fraction of sp³-hybridized carbons (Fsp3) is 0.562. The van der Waals surface area contributed by atoms with Crippen LogP contribution in [0.3, 0.4) is 0 Å². The van der Waals surface area contributed by atoms with Crippen LogP contribution < -0.4 is 16.0 Å². The first-order valence-corrected chi connectivity index (χ1v) is 7.93. The van der Waals surface area contributed by atoms with E-state index in [0.29, 0.717) is 22.5 Å². The summed E-state index contributed by atoms with van der Waals surface area (Å²) in [5, 5.41) is 3.82. The molecule has 0 saturated carbocycles. The quantitative estimate of drug-likeness (QED) is 0.879. The van der Waals surface area contributed by atoms with E-state index in [-0.39, 0.29) is 0 Å². The van der Waals surface area contributed by atoms with Crippen molar-refractivity contribution < 1.29 is 4.79 Å². The number of anilines is 1. The van der Waals surface area contributed by atoms with Crippen LogP contribution in [0.1, 0.15) is 37.0 Å². The Morgan fingerprint density at radius 3 is 2.62 bits per heavy atom. The molecule has 0 aliphatic carbocycles. The first kappa shape index (κ1) is 16.1. The summed E-state index contributed by atoms with van der Waals surface area (Å²) in [5.41, 5.74) is 6.74. The van der Waals surface area contributed by atoms with Gasteiger partial charge in [0.2, 0.25) is 5.91 Å². The second-order valence-electron chi connectivity index (χ2n) is 5.97. The van der Waals surface area contributed by atoms with E-state index >= 15 is 0 Å². The molecule has 0 spiro atoms. The van der Waals surface area contributed by atoms with Crippen LogP contribution >= 0.6 is 11.6 Å². The molecule has 1 heterocycles. The monoisotopic (exact) mass is 309 g/mol. The van der Waals surface area contributed by atoms with Crippen molar-refractivity contribution >= 4 is 23.2 Å². The van der Waals surface area contributed by atoms with Crippen LogP contribution in [0.5, 0.6) is 0 Å². The lowest BCUT2D eigenvalue weighted by atomic mass is 9.96. The highest BCUT2D eigenvalue weighted by atomic mass is 35.5. The van der Waals surface area contributed by atoms with Gasteiger partial charge in [-0.3, -0.25) is 4.79 Å². The van der Waals surface area contributed by atoms with Crippen LogP contribution in [0.2, 0.25) is 5.02 Å². The first-order chi connectivity index (χ1) is 9.99. The molecule has 1 aliphatic rings. The number of nitrogens with one attached hydrogen (secondary N) is 1. The molecule has 1 amide bonds. The highest BCUT2D eigenvalue weighted by Crippen LogP contribution is 2.27. The molecule has 1 aliphatic heterocycles. The molecular formula is C16H24ClN3O. The van der Waals surface area contributed by atoms with Gasteiger partial charge in [-0.25, -0.2) is 0 Å². The fourth-order valence-electron chi connectivity index (χ4n) is 2.84. The first-order valence-electron chi connectivity index (χ1n) is 7.55. The third-order valence-corrected chi connectivity index (χ3v) is 4.40. The Morgan fingerprint density at radius 2 is 2.10 bits per heavy atom. The van der Waals surface area contributed by atoms with Crippen molar-refractivity contribution in [1.82, 2.24) is 5.32 Å². The van der Waals surface area contributed by atoms with Gasteiger partial charge in [0, 0.05) is 18.3 Å². The fourth-order valence-corrected chi connectivity index (χ4v) is 3.11. The van der Waals surface area contributed by atoms with E-state index in [1.807, 2.05) is 12.1 Å². The molecule has 116 valence electrons. The predicted molar refractivity (Wildman–Crippen MR) is 88.0 cm³/mol. The van der Waals surface area contributed by atoms with Crippen LogP contribution in [0.4, 0.5) is 5.69 Å². The molecule has 5 heteroatoms. The summed E-state index contributed by atoms with van der Waals surface area (Å²) in [6, 6.07) is 5.89. The largest absolute Gasteiger partial charge is 0.369 e. The van der Waals surface area contributed by atoms with Crippen LogP contribution in [0.25, 0.3) is 0 Å². The predicted octanol–water partition coefficient (Wildman–Crippen LogP) is 2.65. The van der Waals surface area contributed by atoms with Gasteiger partial charge >= 0.3 is 0 Å². The van der Waals surface area contributed by atoms with Gasteiger partial charge in [0.25, 0.3) is 0 Å². The maximum absolute atomic E-state index is 11.3. The summed E-state index contributed by atoms with van der Waals surface area (Å²) in [4.78, 5) is 13.6. The third kappa shape index (κ3) is 4.11. The summed E-state index contributed by atoms with van der Waals surface area (Å²) in [6.45, 7) is 7.56. The maximum atomic E-state index is 11.3. The SMILES string of the molecule is CC(C)N(CC1CCNCC1)c1ccc(C(N)=O)c(Cl)c1. The lowest BCUT2D eigenvalue weighted by molar-refractivity contribution is 0.100. The summed E-state index contributed by atoms with van der Waals surface area (Å²) in [5.74, 6) is 0.212. The van der Waals surface area contributed by atoms with Gasteiger partial charge < -0.3 is 16.0 Å². The number of piperidine rings is 1. The zero-order valence-electron chi connectivity index (χ0n) is 12.7. The Balaban J connectivity index is 2.17. The molecule has 1 aromatic carbocycles. The Hall–Kier alpha value is -1.26. The number of hydrogen-bond acceptors (Lipinski definition) is 3. The number of nitrogens with zero attached hydrogens (tertiary/aromatic N) is 1. The summed E-state index contributed by atoms with van der Waals surface area (Å²) >= 11 is 6.18. The van der Waals surface area contributed by atoms with Crippen molar-refractivity contribution in [3.05, 3.63) is 28.8 Å². The highest BCUT2D eigenvalue weighted by Gasteiger charge is 2.20. The van der Waals surface area contributed by atoms with E-state index in [4.69, 9.17) is 17.3 Å². The maximum Gasteiger partial charge on any atom is 0.250 e. The molecular weight excluding hydrogens is 286 g/mol. The topological polar surface area (TPSA) is 58.4 Å². The number of carbonyl (C=O) groups is 1. The lowest BCUT2D eigenvalue weighted by Gasteiger charge is -2.34. The van der Waals surface area contributed by atoms with Gasteiger partial charge in [-0.05, 0) is 63.9 Å². The van der Waals surface area contributed by atoms with Gasteiger partial charge in [-0.15, -0.1) is 0 Å². The Labute approximate surface area is 131 Å². The summed E-state index contributed by atoms with van der Waals surface area (Å²) in [7, 11) is 0. The molecule has 1 saturated heterocycles. The van der Waals surface area contributed by atoms with E-state index in [1.54, 1.807) is 6.07 Å². The number of benzene rings is 1. The van der Waals surface area contributed by atoms with Gasteiger partial charge in [0.05, 0.1) is 10.6 Å². The van der Waals surface area contributed by atoms with Crippen LogP contribution in [-0.2, 0) is 0 Å². The molecule has 1 fully saturated rings. The molecule has 21 heavy (non-hydrogen) atoms. The van der Waals surface area contributed by atoms with Crippen molar-refractivity contribution in [2.45, 2.75) is 32.7 Å². The normalized spacial score (nSPS) is 16.2. The average molecular weight is 310 g/mol. The molecule has 1 aromatic rings. The molecule has 0 unspecified atom stereocenters.